The first-order valence-electron chi connectivity index (χ1n) is 6.60. The number of aryl methyl sites for hydroxylation is 2. The van der Waals surface area contributed by atoms with E-state index in [4.69, 9.17) is 0 Å². The summed E-state index contributed by atoms with van der Waals surface area (Å²) in [4.78, 5) is 17.9. The maximum absolute atomic E-state index is 14.1. The molecule has 116 valence electrons. The van der Waals surface area contributed by atoms with Crippen molar-refractivity contribution in [1.29, 1.82) is 0 Å². The third kappa shape index (κ3) is 2.29. The van der Waals surface area contributed by atoms with E-state index in [1.165, 1.54) is 11.0 Å². The largest absolute Gasteiger partial charge is 0.412 e. The average Bonchev–Trinajstić information content (AvgIpc) is 2.66. The molecule has 0 saturated heterocycles. The van der Waals surface area contributed by atoms with Gasteiger partial charge in [-0.25, -0.2) is 4.39 Å². The van der Waals surface area contributed by atoms with Crippen LogP contribution < -0.4 is 4.90 Å². The monoisotopic (exact) mass is 304 g/mol. The highest BCUT2D eigenvalue weighted by Gasteiger charge is 2.29. The van der Waals surface area contributed by atoms with Crippen LogP contribution in [-0.2, 0) is 11.8 Å². The normalized spacial score (nSPS) is 14.1. The van der Waals surface area contributed by atoms with Crippen molar-refractivity contribution in [3.8, 4) is 0 Å². The van der Waals surface area contributed by atoms with Crippen LogP contribution in [0.3, 0.4) is 0 Å². The fourth-order valence-corrected chi connectivity index (χ4v) is 2.63. The molecule has 0 spiro atoms. The van der Waals surface area contributed by atoms with Gasteiger partial charge in [0, 0.05) is 19.7 Å². The minimum absolute atomic E-state index is 0. The van der Waals surface area contributed by atoms with Crippen LogP contribution in [0.5, 0.6) is 0 Å². The molecule has 0 bridgehead atoms. The Labute approximate surface area is 127 Å². The van der Waals surface area contributed by atoms with Crippen molar-refractivity contribution in [2.45, 2.75) is 6.92 Å². The number of aromatic nitrogens is 2. The minimum atomic E-state index is -0.359. The van der Waals surface area contributed by atoms with Crippen molar-refractivity contribution in [3.63, 3.8) is 0 Å². The number of likely N-dealkylation sites (N-methyl/N-ethyl adjacent to an activating group) is 1. The molecule has 1 aliphatic rings. The molecule has 0 fully saturated rings. The predicted octanol–water partition coefficient (Wildman–Crippen LogP) is 0.857. The maximum Gasteiger partial charge on any atom is 0.249 e. The van der Waals surface area contributed by atoms with Gasteiger partial charge in [0.05, 0.1) is 17.0 Å². The lowest BCUT2D eigenvalue weighted by molar-refractivity contribution is -0.117. The van der Waals surface area contributed by atoms with Crippen LogP contribution in [0.25, 0.3) is 0 Å². The molecule has 6 nitrogen and oxygen atoms in total. The Morgan fingerprint density at radius 3 is 2.59 bits per heavy atom. The number of amides is 1. The summed E-state index contributed by atoms with van der Waals surface area (Å²) in [5.41, 5.74) is 2.29. The summed E-state index contributed by atoms with van der Waals surface area (Å²) in [5, 5.41) is 4.34. The van der Waals surface area contributed by atoms with E-state index in [9.17, 15) is 9.18 Å². The summed E-state index contributed by atoms with van der Waals surface area (Å²) in [5.74, 6) is 0.130. The maximum atomic E-state index is 14.1. The first-order chi connectivity index (χ1) is 10.0. The van der Waals surface area contributed by atoms with Gasteiger partial charge in [-0.1, -0.05) is 12.1 Å². The number of hydrogen-bond acceptors (Lipinski definition) is 3. The number of rotatable bonds is 1. The topological polar surface area (TPSA) is 82.0 Å². The molecule has 3 rings (SSSR count). The van der Waals surface area contributed by atoms with Crippen LogP contribution in [0, 0.1) is 12.7 Å². The number of benzene rings is 1. The lowest BCUT2D eigenvalue weighted by Crippen LogP contribution is -2.29. The molecule has 0 aliphatic carbocycles. The summed E-state index contributed by atoms with van der Waals surface area (Å²) in [6.07, 6.45) is 0. The highest BCUT2D eigenvalue weighted by Crippen LogP contribution is 2.28. The van der Waals surface area contributed by atoms with Gasteiger partial charge in [0.1, 0.15) is 18.2 Å². The number of fused-ring (bicyclic) bond motifs is 1. The first kappa shape index (κ1) is 15.8. The smallest absolute Gasteiger partial charge is 0.249 e. The van der Waals surface area contributed by atoms with Gasteiger partial charge in [-0.05, 0) is 19.1 Å². The van der Waals surface area contributed by atoms with E-state index < -0.39 is 0 Å². The summed E-state index contributed by atoms with van der Waals surface area (Å²) in [6, 6.07) is 6.44. The zero-order valence-electron chi connectivity index (χ0n) is 12.6. The second-order valence-corrected chi connectivity index (χ2v) is 5.01. The molecule has 1 aromatic carbocycles. The van der Waals surface area contributed by atoms with Gasteiger partial charge in [-0.15, -0.1) is 0 Å². The summed E-state index contributed by atoms with van der Waals surface area (Å²) >= 11 is 0. The molecule has 0 saturated carbocycles. The van der Waals surface area contributed by atoms with Crippen molar-refractivity contribution >= 4 is 17.4 Å². The first-order valence-corrected chi connectivity index (χ1v) is 6.60. The van der Waals surface area contributed by atoms with Gasteiger partial charge < -0.3 is 5.48 Å². The van der Waals surface area contributed by atoms with Gasteiger partial charge in [-0.2, -0.15) is 5.10 Å². The summed E-state index contributed by atoms with van der Waals surface area (Å²) < 4.78 is 15.8. The van der Waals surface area contributed by atoms with E-state index in [-0.39, 0.29) is 23.7 Å². The number of nitrogens with zero attached hydrogens (tertiary/aromatic N) is 4. The lowest BCUT2D eigenvalue weighted by atomic mass is 10.0. The summed E-state index contributed by atoms with van der Waals surface area (Å²) in [6.45, 7) is 1.83. The van der Waals surface area contributed by atoms with E-state index >= 15 is 0 Å². The number of hydrogen-bond donors (Lipinski definition) is 0. The Morgan fingerprint density at radius 1 is 1.23 bits per heavy atom. The Kier molecular flexibility index (Phi) is 4.09. The van der Waals surface area contributed by atoms with Crippen LogP contribution in [0.1, 0.15) is 16.8 Å². The molecule has 2 heterocycles. The number of anilines is 1. The molecule has 1 amide bonds. The average molecular weight is 304 g/mol. The third-order valence-corrected chi connectivity index (χ3v) is 3.62. The van der Waals surface area contributed by atoms with E-state index in [1.54, 1.807) is 37.0 Å². The van der Waals surface area contributed by atoms with Gasteiger partial charge >= 0.3 is 0 Å². The zero-order valence-corrected chi connectivity index (χ0v) is 12.6. The van der Waals surface area contributed by atoms with Crippen molar-refractivity contribution < 1.29 is 14.7 Å². The van der Waals surface area contributed by atoms with Crippen molar-refractivity contribution in [2.24, 2.45) is 12.0 Å². The molecule has 2 N–H and O–H groups in total. The quantitative estimate of drug-likeness (QED) is 0.783. The van der Waals surface area contributed by atoms with Crippen LogP contribution >= 0.6 is 0 Å². The second-order valence-electron chi connectivity index (χ2n) is 5.01. The van der Waals surface area contributed by atoms with Crippen LogP contribution in [0.4, 0.5) is 10.2 Å². The predicted molar refractivity (Wildman–Crippen MR) is 81.9 cm³/mol. The van der Waals surface area contributed by atoms with E-state index in [0.717, 1.165) is 5.69 Å². The van der Waals surface area contributed by atoms with Gasteiger partial charge in [0.15, 0.2) is 0 Å². The minimum Gasteiger partial charge on any atom is -0.412 e. The number of carbonyl (C=O) groups excluding carboxylic acids is 1. The number of carbonyl (C=O) groups is 1. The Morgan fingerprint density at radius 2 is 1.91 bits per heavy atom. The number of halogens is 1. The van der Waals surface area contributed by atoms with Crippen molar-refractivity contribution in [3.05, 3.63) is 46.9 Å². The molecular formula is C15H17FN4O2. The fourth-order valence-electron chi connectivity index (χ4n) is 2.63. The molecule has 1 aliphatic heterocycles. The van der Waals surface area contributed by atoms with Gasteiger partial charge in [0.2, 0.25) is 5.91 Å². The van der Waals surface area contributed by atoms with E-state index in [2.05, 4.69) is 10.1 Å². The zero-order chi connectivity index (χ0) is 15.1. The molecule has 2 aromatic rings. The SMILES string of the molecule is Cc1nn(C)c2c1C(c1ccccc1F)=NCC(=O)N2C.O. The molecular weight excluding hydrogens is 287 g/mol. The summed E-state index contributed by atoms with van der Waals surface area (Å²) in [7, 11) is 3.45. The van der Waals surface area contributed by atoms with Crippen LogP contribution in [0.15, 0.2) is 29.3 Å². The van der Waals surface area contributed by atoms with E-state index in [1.807, 2.05) is 6.92 Å². The lowest BCUT2D eigenvalue weighted by Gasteiger charge is -2.16. The van der Waals surface area contributed by atoms with E-state index in [0.29, 0.717) is 22.7 Å². The van der Waals surface area contributed by atoms with Gasteiger partial charge in [-0.3, -0.25) is 19.4 Å². The Hall–Kier alpha value is -2.54. The highest BCUT2D eigenvalue weighted by atomic mass is 19.1. The van der Waals surface area contributed by atoms with Gasteiger partial charge in [0.25, 0.3) is 0 Å². The Bertz CT molecular complexity index is 767. The van der Waals surface area contributed by atoms with Crippen LogP contribution in [-0.4, -0.2) is 40.5 Å². The van der Waals surface area contributed by atoms with Crippen molar-refractivity contribution in [2.75, 3.05) is 18.5 Å². The van der Waals surface area contributed by atoms with Crippen molar-refractivity contribution in [1.82, 2.24) is 9.78 Å². The number of aliphatic imine (C=N–C) groups is 1. The fraction of sp³-hybridized carbons (Fsp3) is 0.267. The van der Waals surface area contributed by atoms with Crippen LogP contribution in [0.2, 0.25) is 0 Å². The second kappa shape index (κ2) is 5.69. The molecule has 0 atom stereocenters. The highest BCUT2D eigenvalue weighted by molar-refractivity contribution is 6.19. The Balaban J connectivity index is 0.00000176. The standard InChI is InChI=1S/C15H15FN4O.H2O/c1-9-13-14(10-6-4-5-7-11(10)16)17-8-12(21)19(2)15(13)20(3)18-9;/h4-7H,8H2,1-3H3;1H2. The molecule has 22 heavy (non-hydrogen) atoms. The molecule has 0 unspecified atom stereocenters. The third-order valence-electron chi connectivity index (χ3n) is 3.62. The molecule has 0 radical (unpaired) electrons. The molecule has 1 aromatic heterocycles. The molecule has 7 heteroatoms.